The molecule has 1 fully saturated rings. The molecule has 0 aromatic heterocycles. The van der Waals surface area contributed by atoms with Crippen LogP contribution in [-0.2, 0) is 14.3 Å². The fourth-order valence-electron chi connectivity index (χ4n) is 3.20. The van der Waals surface area contributed by atoms with Crippen LogP contribution < -0.4 is 10.6 Å². The highest BCUT2D eigenvalue weighted by Crippen LogP contribution is 2.25. The van der Waals surface area contributed by atoms with Crippen molar-refractivity contribution in [2.24, 2.45) is 4.99 Å². The first-order chi connectivity index (χ1) is 17.0. The maximum atomic E-state index is 12.4. The number of carbonyl (C=O) groups excluding carboxylic acids is 4. The SMILES string of the molecule is O=C(CC1SC(=Nc2ccccc2)NC1=O)Nc1ccc(C(=O)OCC(=O)c2ccccc2)cc1. The number of hydrogen-bond donors (Lipinski definition) is 2. The highest BCUT2D eigenvalue weighted by atomic mass is 32.2. The summed E-state index contributed by atoms with van der Waals surface area (Å²) in [5, 5.41) is 5.27. The lowest BCUT2D eigenvalue weighted by molar-refractivity contribution is -0.122. The van der Waals surface area contributed by atoms with Gasteiger partial charge >= 0.3 is 5.97 Å². The number of amides is 2. The van der Waals surface area contributed by atoms with Crippen LogP contribution in [0, 0.1) is 0 Å². The number of Topliss-reactive ketones (excluding diaryl/α,β-unsaturated/α-hetero) is 1. The molecular formula is C26H21N3O5S. The number of hydrogen-bond acceptors (Lipinski definition) is 7. The predicted octanol–water partition coefficient (Wildman–Crippen LogP) is 3.97. The lowest BCUT2D eigenvalue weighted by Crippen LogP contribution is -2.28. The van der Waals surface area contributed by atoms with Crippen LogP contribution in [0.5, 0.6) is 0 Å². The third-order valence-corrected chi connectivity index (χ3v) is 6.05. The molecule has 0 saturated carbocycles. The molecule has 1 aliphatic heterocycles. The Hall–Kier alpha value is -4.24. The molecule has 2 N–H and O–H groups in total. The van der Waals surface area contributed by atoms with Gasteiger partial charge in [0.25, 0.3) is 0 Å². The first-order valence-corrected chi connectivity index (χ1v) is 11.6. The molecule has 0 radical (unpaired) electrons. The van der Waals surface area contributed by atoms with E-state index in [-0.39, 0.29) is 36.2 Å². The zero-order chi connectivity index (χ0) is 24.6. The summed E-state index contributed by atoms with van der Waals surface area (Å²) in [6.45, 7) is -0.363. The molecule has 3 aromatic rings. The van der Waals surface area contributed by atoms with E-state index in [1.165, 1.54) is 23.9 Å². The van der Waals surface area contributed by atoms with Gasteiger partial charge in [-0.1, -0.05) is 60.3 Å². The van der Waals surface area contributed by atoms with Gasteiger partial charge in [0.1, 0.15) is 5.25 Å². The second-order valence-electron chi connectivity index (χ2n) is 7.54. The molecule has 1 saturated heterocycles. The Morgan fingerprint density at radius 1 is 0.886 bits per heavy atom. The number of benzene rings is 3. The molecule has 0 aliphatic carbocycles. The number of carbonyl (C=O) groups is 4. The van der Waals surface area contributed by atoms with Gasteiger partial charge in [-0.05, 0) is 36.4 Å². The van der Waals surface area contributed by atoms with Crippen molar-refractivity contribution in [3.05, 3.63) is 96.1 Å². The Morgan fingerprint density at radius 2 is 1.54 bits per heavy atom. The number of aliphatic imine (C=N–C) groups is 1. The number of amidine groups is 1. The molecule has 1 atom stereocenters. The monoisotopic (exact) mass is 487 g/mol. The van der Waals surface area contributed by atoms with E-state index in [0.29, 0.717) is 22.1 Å². The molecule has 35 heavy (non-hydrogen) atoms. The summed E-state index contributed by atoms with van der Waals surface area (Å²) in [4.78, 5) is 53.3. The van der Waals surface area contributed by atoms with E-state index in [1.807, 2.05) is 30.3 Å². The van der Waals surface area contributed by atoms with Crippen molar-refractivity contribution < 1.29 is 23.9 Å². The van der Waals surface area contributed by atoms with Gasteiger partial charge in [-0.15, -0.1) is 0 Å². The van der Waals surface area contributed by atoms with Crippen molar-refractivity contribution in [2.75, 3.05) is 11.9 Å². The number of nitrogens with one attached hydrogen (secondary N) is 2. The van der Waals surface area contributed by atoms with Gasteiger partial charge in [0.15, 0.2) is 17.6 Å². The van der Waals surface area contributed by atoms with Crippen LogP contribution in [0.25, 0.3) is 0 Å². The van der Waals surface area contributed by atoms with Crippen LogP contribution in [0.15, 0.2) is 89.9 Å². The largest absolute Gasteiger partial charge is 0.454 e. The third-order valence-electron chi connectivity index (χ3n) is 4.97. The molecule has 2 amide bonds. The lowest BCUT2D eigenvalue weighted by atomic mass is 10.1. The number of ether oxygens (including phenoxy) is 1. The maximum Gasteiger partial charge on any atom is 0.338 e. The highest BCUT2D eigenvalue weighted by molar-refractivity contribution is 8.15. The lowest BCUT2D eigenvalue weighted by Gasteiger charge is -2.08. The predicted molar refractivity (Wildman–Crippen MR) is 134 cm³/mol. The fraction of sp³-hybridized carbons (Fsp3) is 0.115. The molecular weight excluding hydrogens is 466 g/mol. The van der Waals surface area contributed by atoms with Crippen LogP contribution in [0.4, 0.5) is 11.4 Å². The van der Waals surface area contributed by atoms with Crippen molar-refractivity contribution in [3.8, 4) is 0 Å². The van der Waals surface area contributed by atoms with Crippen LogP contribution in [-0.4, -0.2) is 40.6 Å². The molecule has 9 heteroatoms. The standard InChI is InChI=1S/C26H21N3O5S/c30-21(17-7-3-1-4-8-17)16-34-25(33)18-11-13-20(14-12-18)27-23(31)15-22-24(32)29-26(35-22)28-19-9-5-2-6-10-19/h1-14,22H,15-16H2,(H,27,31)(H,28,29,32). The molecule has 3 aromatic carbocycles. The van der Waals surface area contributed by atoms with Crippen molar-refractivity contribution in [2.45, 2.75) is 11.7 Å². The van der Waals surface area contributed by atoms with E-state index >= 15 is 0 Å². The zero-order valence-corrected chi connectivity index (χ0v) is 19.3. The quantitative estimate of drug-likeness (QED) is 0.367. The summed E-state index contributed by atoms with van der Waals surface area (Å²) in [5.74, 6) is -1.56. The minimum Gasteiger partial charge on any atom is -0.454 e. The van der Waals surface area contributed by atoms with Crippen LogP contribution in [0.1, 0.15) is 27.1 Å². The zero-order valence-electron chi connectivity index (χ0n) is 18.5. The molecule has 0 bridgehead atoms. The van der Waals surface area contributed by atoms with Gasteiger partial charge in [0, 0.05) is 17.7 Å². The van der Waals surface area contributed by atoms with Gasteiger partial charge in [0.2, 0.25) is 11.8 Å². The van der Waals surface area contributed by atoms with Gasteiger partial charge in [0.05, 0.1) is 11.3 Å². The van der Waals surface area contributed by atoms with Crippen LogP contribution in [0.2, 0.25) is 0 Å². The number of rotatable bonds is 8. The molecule has 1 heterocycles. The Labute approximate surface area is 205 Å². The molecule has 176 valence electrons. The summed E-state index contributed by atoms with van der Waals surface area (Å²) >= 11 is 1.20. The number of para-hydroxylation sites is 1. The van der Waals surface area contributed by atoms with Crippen LogP contribution in [0.3, 0.4) is 0 Å². The average molecular weight is 488 g/mol. The van der Waals surface area contributed by atoms with E-state index < -0.39 is 11.2 Å². The fourth-order valence-corrected chi connectivity index (χ4v) is 4.19. The van der Waals surface area contributed by atoms with Gasteiger partial charge in [-0.3, -0.25) is 14.4 Å². The Morgan fingerprint density at radius 3 is 2.23 bits per heavy atom. The van der Waals surface area contributed by atoms with E-state index in [1.54, 1.807) is 42.5 Å². The topological polar surface area (TPSA) is 114 Å². The molecule has 1 aliphatic rings. The molecule has 8 nitrogen and oxygen atoms in total. The number of esters is 1. The van der Waals surface area contributed by atoms with Gasteiger partial charge in [-0.2, -0.15) is 0 Å². The maximum absolute atomic E-state index is 12.4. The average Bonchev–Trinajstić information content (AvgIpc) is 3.21. The summed E-state index contributed by atoms with van der Waals surface area (Å²) in [5.41, 5.74) is 1.89. The Kier molecular flexibility index (Phi) is 7.69. The molecule has 0 spiro atoms. The smallest absolute Gasteiger partial charge is 0.338 e. The minimum atomic E-state index is -0.642. The van der Waals surface area contributed by atoms with Crippen molar-refractivity contribution >= 4 is 51.9 Å². The molecule has 4 rings (SSSR count). The number of nitrogens with zero attached hydrogens (tertiary/aromatic N) is 1. The number of thioether (sulfide) groups is 1. The van der Waals surface area contributed by atoms with Gasteiger partial charge < -0.3 is 15.4 Å². The van der Waals surface area contributed by atoms with Gasteiger partial charge in [-0.25, -0.2) is 9.79 Å². The second-order valence-corrected chi connectivity index (χ2v) is 8.73. The van der Waals surface area contributed by atoms with Crippen molar-refractivity contribution in [1.82, 2.24) is 5.32 Å². The second kappa shape index (κ2) is 11.3. The Bertz CT molecular complexity index is 1260. The Balaban J connectivity index is 1.26. The summed E-state index contributed by atoms with van der Waals surface area (Å²) in [6, 6.07) is 23.9. The van der Waals surface area contributed by atoms with E-state index in [0.717, 1.165) is 0 Å². The first kappa shape index (κ1) is 23.9. The van der Waals surface area contributed by atoms with E-state index in [4.69, 9.17) is 4.74 Å². The summed E-state index contributed by atoms with van der Waals surface area (Å²) in [6.07, 6.45) is -0.0320. The normalized spacial score (nSPS) is 15.9. The van der Waals surface area contributed by atoms with Crippen LogP contribution >= 0.6 is 11.8 Å². The van der Waals surface area contributed by atoms with E-state index in [9.17, 15) is 19.2 Å². The summed E-state index contributed by atoms with van der Waals surface area (Å²) in [7, 11) is 0. The van der Waals surface area contributed by atoms with Crippen molar-refractivity contribution in [1.29, 1.82) is 0 Å². The first-order valence-electron chi connectivity index (χ1n) is 10.7. The summed E-state index contributed by atoms with van der Waals surface area (Å²) < 4.78 is 5.08. The van der Waals surface area contributed by atoms with E-state index in [2.05, 4.69) is 15.6 Å². The van der Waals surface area contributed by atoms with Crippen molar-refractivity contribution in [3.63, 3.8) is 0 Å². The highest BCUT2D eigenvalue weighted by Gasteiger charge is 2.32. The molecule has 1 unspecified atom stereocenters. The minimum absolute atomic E-state index is 0.0320. The third kappa shape index (κ3) is 6.64. The number of ketones is 1. The number of anilines is 1.